The van der Waals surface area contributed by atoms with Gasteiger partial charge in [0.25, 0.3) is 0 Å². The Labute approximate surface area is 119 Å². The predicted octanol–water partition coefficient (Wildman–Crippen LogP) is 0.0120. The van der Waals surface area contributed by atoms with E-state index >= 15 is 0 Å². The van der Waals surface area contributed by atoms with Crippen molar-refractivity contribution in [3.8, 4) is 0 Å². The number of hydrogen-bond acceptors (Lipinski definition) is 4. The molecule has 4 atom stereocenters. The lowest BCUT2D eigenvalue weighted by atomic mass is 10.1. The topological polar surface area (TPSA) is 59.1 Å². The lowest BCUT2D eigenvalue weighted by molar-refractivity contribution is -0.157. The molecule has 0 aromatic heterocycles. The first-order valence-corrected chi connectivity index (χ1v) is 7.49. The first-order valence-electron chi connectivity index (χ1n) is 7.49. The third-order valence-corrected chi connectivity index (χ3v) is 4.47. The van der Waals surface area contributed by atoms with Crippen LogP contribution in [0.3, 0.4) is 0 Å². The minimum atomic E-state index is -0.323. The smallest absolute Gasteiger partial charge is 0.246 e. The average molecular weight is 282 g/mol. The predicted molar refractivity (Wildman–Crippen MR) is 71.1 cm³/mol. The highest BCUT2D eigenvalue weighted by Crippen LogP contribution is 2.33. The van der Waals surface area contributed by atoms with Gasteiger partial charge < -0.3 is 19.3 Å². The van der Waals surface area contributed by atoms with Gasteiger partial charge in [-0.3, -0.25) is 9.59 Å². The lowest BCUT2D eigenvalue weighted by Crippen LogP contribution is -2.60. The quantitative estimate of drug-likeness (QED) is 0.729. The molecule has 3 heterocycles. The molecule has 20 heavy (non-hydrogen) atoms. The second-order valence-corrected chi connectivity index (χ2v) is 5.64. The van der Waals surface area contributed by atoms with Crippen LogP contribution in [0.1, 0.15) is 26.7 Å². The highest BCUT2D eigenvalue weighted by atomic mass is 16.5. The third kappa shape index (κ3) is 2.11. The van der Waals surface area contributed by atoms with E-state index < -0.39 is 0 Å². The molecule has 2 amide bonds. The van der Waals surface area contributed by atoms with Crippen molar-refractivity contribution in [2.45, 2.75) is 51.0 Å². The Morgan fingerprint density at radius 3 is 1.65 bits per heavy atom. The monoisotopic (exact) mass is 282 g/mol. The van der Waals surface area contributed by atoms with E-state index in [2.05, 4.69) is 0 Å². The Hall–Kier alpha value is -1.14. The summed E-state index contributed by atoms with van der Waals surface area (Å²) in [5, 5.41) is 0. The molecule has 6 nitrogen and oxygen atoms in total. The van der Waals surface area contributed by atoms with E-state index in [9.17, 15) is 9.59 Å². The summed E-state index contributed by atoms with van der Waals surface area (Å²) in [6.07, 6.45) is 1.25. The van der Waals surface area contributed by atoms with Gasteiger partial charge in [0, 0.05) is 39.1 Å². The van der Waals surface area contributed by atoms with E-state index in [4.69, 9.17) is 9.47 Å². The molecule has 3 aliphatic heterocycles. The van der Waals surface area contributed by atoms with Gasteiger partial charge in [-0.1, -0.05) is 0 Å². The van der Waals surface area contributed by atoms with Crippen LogP contribution in [0.5, 0.6) is 0 Å². The van der Waals surface area contributed by atoms with Crippen molar-refractivity contribution in [2.24, 2.45) is 0 Å². The maximum Gasteiger partial charge on any atom is 0.246 e. The molecule has 0 N–H and O–H groups in total. The minimum absolute atomic E-state index is 0.000570. The molecule has 3 saturated heterocycles. The van der Waals surface area contributed by atoms with E-state index in [0.717, 1.165) is 0 Å². The molecule has 3 fully saturated rings. The van der Waals surface area contributed by atoms with Crippen molar-refractivity contribution in [3.63, 3.8) is 0 Å². The fraction of sp³-hybridized carbons (Fsp3) is 0.857. The van der Waals surface area contributed by atoms with Crippen molar-refractivity contribution in [3.05, 3.63) is 0 Å². The molecule has 0 saturated carbocycles. The molecule has 6 heteroatoms. The fourth-order valence-corrected chi connectivity index (χ4v) is 3.65. The summed E-state index contributed by atoms with van der Waals surface area (Å²) in [7, 11) is 0. The summed E-state index contributed by atoms with van der Waals surface area (Å²) < 4.78 is 11.2. The van der Waals surface area contributed by atoms with Gasteiger partial charge in [0.15, 0.2) is 0 Å². The van der Waals surface area contributed by atoms with Gasteiger partial charge >= 0.3 is 0 Å². The van der Waals surface area contributed by atoms with Crippen LogP contribution in [0.4, 0.5) is 0 Å². The number of rotatable bonds is 4. The Balaban J connectivity index is 1.75. The zero-order chi connectivity index (χ0) is 14.3. The summed E-state index contributed by atoms with van der Waals surface area (Å²) in [5.41, 5.74) is 0. The van der Waals surface area contributed by atoms with Gasteiger partial charge in [0.2, 0.25) is 11.8 Å². The number of nitrogens with zero attached hydrogens (tertiary/aromatic N) is 2. The highest BCUT2D eigenvalue weighted by molar-refractivity contribution is 5.98. The van der Waals surface area contributed by atoms with Crippen LogP contribution >= 0.6 is 0 Å². The SMILES string of the molecule is CCOC1CC2C(=O)N3CC(OCC)CC3C(=O)N2C1. The number of carbonyl (C=O) groups excluding carboxylic acids is 2. The molecule has 0 radical (unpaired) electrons. The van der Waals surface area contributed by atoms with Crippen LogP contribution in [0.25, 0.3) is 0 Å². The molecule has 4 unspecified atom stereocenters. The molecule has 0 bridgehead atoms. The van der Waals surface area contributed by atoms with Crippen molar-refractivity contribution >= 4 is 11.8 Å². The van der Waals surface area contributed by atoms with Crippen molar-refractivity contribution in [1.82, 2.24) is 9.80 Å². The second kappa shape index (κ2) is 5.33. The lowest BCUT2D eigenvalue weighted by Gasteiger charge is -2.38. The molecule has 3 rings (SSSR count). The van der Waals surface area contributed by atoms with Crippen molar-refractivity contribution in [2.75, 3.05) is 26.3 Å². The van der Waals surface area contributed by atoms with E-state index in [0.29, 0.717) is 39.1 Å². The van der Waals surface area contributed by atoms with E-state index in [1.807, 2.05) is 13.8 Å². The maximum absolute atomic E-state index is 12.6. The van der Waals surface area contributed by atoms with Gasteiger partial charge in [0.05, 0.1) is 12.2 Å². The molecule has 0 aromatic carbocycles. The molecular weight excluding hydrogens is 260 g/mol. The van der Waals surface area contributed by atoms with E-state index in [-0.39, 0.29) is 36.1 Å². The van der Waals surface area contributed by atoms with Gasteiger partial charge in [-0.15, -0.1) is 0 Å². The first kappa shape index (κ1) is 13.8. The molecule has 3 aliphatic rings. The third-order valence-electron chi connectivity index (χ3n) is 4.47. The second-order valence-electron chi connectivity index (χ2n) is 5.64. The Morgan fingerprint density at radius 2 is 1.30 bits per heavy atom. The van der Waals surface area contributed by atoms with Crippen LogP contribution in [0, 0.1) is 0 Å². The summed E-state index contributed by atoms with van der Waals surface area (Å²) >= 11 is 0. The standard InChI is InChI=1S/C14H22N2O4/c1-3-19-9-5-11-13(17)16-8-10(20-4-2)6-12(16)14(18)15(11)7-9/h9-12H,3-8H2,1-2H3. The van der Waals surface area contributed by atoms with Gasteiger partial charge in [-0.2, -0.15) is 0 Å². The van der Waals surface area contributed by atoms with Crippen molar-refractivity contribution < 1.29 is 19.1 Å². The normalized spacial score (nSPS) is 36.5. The molecule has 0 spiro atoms. The van der Waals surface area contributed by atoms with E-state index in [1.165, 1.54) is 0 Å². The van der Waals surface area contributed by atoms with Gasteiger partial charge in [-0.05, 0) is 13.8 Å². The minimum Gasteiger partial charge on any atom is -0.377 e. The van der Waals surface area contributed by atoms with Crippen LogP contribution < -0.4 is 0 Å². The van der Waals surface area contributed by atoms with Crippen LogP contribution in [-0.4, -0.2) is 72.2 Å². The zero-order valence-corrected chi connectivity index (χ0v) is 12.1. The Kier molecular flexibility index (Phi) is 3.69. The number of ether oxygens (including phenoxy) is 2. The van der Waals surface area contributed by atoms with Gasteiger partial charge in [0.1, 0.15) is 12.1 Å². The molecule has 0 aromatic rings. The highest BCUT2D eigenvalue weighted by Gasteiger charge is 2.53. The summed E-state index contributed by atoms with van der Waals surface area (Å²) in [6.45, 7) is 6.21. The number of carbonyl (C=O) groups is 2. The largest absolute Gasteiger partial charge is 0.377 e. The number of amides is 2. The Morgan fingerprint density at radius 1 is 0.900 bits per heavy atom. The van der Waals surface area contributed by atoms with E-state index in [1.54, 1.807) is 9.80 Å². The van der Waals surface area contributed by atoms with Crippen LogP contribution in [-0.2, 0) is 19.1 Å². The fourth-order valence-electron chi connectivity index (χ4n) is 3.65. The average Bonchev–Trinajstić information content (AvgIpc) is 3.02. The molecular formula is C14H22N2O4. The maximum atomic E-state index is 12.6. The van der Waals surface area contributed by atoms with Crippen LogP contribution in [0.2, 0.25) is 0 Å². The number of hydrogen-bond donors (Lipinski definition) is 0. The summed E-state index contributed by atoms with van der Waals surface area (Å²) in [6, 6.07) is -0.647. The molecule has 0 aliphatic carbocycles. The van der Waals surface area contributed by atoms with Gasteiger partial charge in [-0.25, -0.2) is 0 Å². The summed E-state index contributed by atoms with van der Waals surface area (Å²) in [5.74, 6) is 0.137. The summed E-state index contributed by atoms with van der Waals surface area (Å²) in [4.78, 5) is 28.5. The Bertz CT molecular complexity index is 348. The van der Waals surface area contributed by atoms with Crippen LogP contribution in [0.15, 0.2) is 0 Å². The first-order chi connectivity index (χ1) is 9.65. The zero-order valence-electron chi connectivity index (χ0n) is 12.1. The van der Waals surface area contributed by atoms with Crippen molar-refractivity contribution in [1.29, 1.82) is 0 Å². The number of piperazine rings is 1. The number of fused-ring (bicyclic) bond motifs is 2. The molecule has 112 valence electrons.